The largest absolute Gasteiger partial charge is 0.353 e. The van der Waals surface area contributed by atoms with Crippen molar-refractivity contribution in [2.45, 2.75) is 54.0 Å². The first kappa shape index (κ1) is 14.4. The average Bonchev–Trinajstić information content (AvgIpc) is 2.14. The molecule has 0 aromatic heterocycles. The zero-order chi connectivity index (χ0) is 12.3. The second-order valence-corrected chi connectivity index (χ2v) is 5.68. The van der Waals surface area contributed by atoms with E-state index in [1.807, 2.05) is 20.8 Å². The fourth-order valence-corrected chi connectivity index (χ4v) is 0.985. The van der Waals surface area contributed by atoms with Crippen molar-refractivity contribution >= 4 is 5.91 Å². The molecular formula is C12H26N2O. The van der Waals surface area contributed by atoms with E-state index in [2.05, 4.69) is 26.1 Å². The van der Waals surface area contributed by atoms with Gasteiger partial charge in [-0.25, -0.2) is 0 Å². The minimum Gasteiger partial charge on any atom is -0.353 e. The van der Waals surface area contributed by atoms with Crippen LogP contribution in [-0.2, 0) is 4.79 Å². The Morgan fingerprint density at radius 2 is 1.80 bits per heavy atom. The van der Waals surface area contributed by atoms with Gasteiger partial charge in [0.25, 0.3) is 0 Å². The molecule has 3 nitrogen and oxygen atoms in total. The molecule has 0 bridgehead atoms. The topological polar surface area (TPSA) is 55.1 Å². The molecule has 0 saturated heterocycles. The van der Waals surface area contributed by atoms with Crippen LogP contribution in [0.25, 0.3) is 0 Å². The Morgan fingerprint density at radius 3 is 2.07 bits per heavy atom. The summed E-state index contributed by atoms with van der Waals surface area (Å²) >= 11 is 0. The van der Waals surface area contributed by atoms with Gasteiger partial charge in [0, 0.05) is 12.6 Å². The van der Waals surface area contributed by atoms with Gasteiger partial charge in [-0.3, -0.25) is 4.79 Å². The highest BCUT2D eigenvalue weighted by molar-refractivity contribution is 5.82. The first-order valence-corrected chi connectivity index (χ1v) is 5.68. The first-order chi connectivity index (χ1) is 6.67. The number of rotatable bonds is 4. The fraction of sp³-hybridized carbons (Fsp3) is 0.917. The van der Waals surface area contributed by atoms with Gasteiger partial charge in [-0.2, -0.15) is 0 Å². The number of carbonyl (C=O) groups is 1. The maximum Gasteiger partial charge on any atom is 0.227 e. The van der Waals surface area contributed by atoms with Gasteiger partial charge in [0.2, 0.25) is 5.91 Å². The van der Waals surface area contributed by atoms with Crippen molar-refractivity contribution < 1.29 is 4.79 Å². The van der Waals surface area contributed by atoms with Crippen molar-refractivity contribution in [3.8, 4) is 0 Å². The molecule has 0 aliphatic carbocycles. The van der Waals surface area contributed by atoms with Crippen molar-refractivity contribution in [1.29, 1.82) is 0 Å². The van der Waals surface area contributed by atoms with E-state index in [1.165, 1.54) is 0 Å². The molecule has 90 valence electrons. The minimum absolute atomic E-state index is 0.0647. The van der Waals surface area contributed by atoms with Gasteiger partial charge in [0.1, 0.15) is 0 Å². The predicted octanol–water partition coefficient (Wildman–Crippen LogP) is 1.91. The lowest BCUT2D eigenvalue weighted by Gasteiger charge is -2.33. The molecule has 0 radical (unpaired) electrons. The van der Waals surface area contributed by atoms with Gasteiger partial charge in [-0.15, -0.1) is 0 Å². The third kappa shape index (κ3) is 3.82. The Labute approximate surface area is 93.8 Å². The quantitative estimate of drug-likeness (QED) is 0.751. The van der Waals surface area contributed by atoms with Gasteiger partial charge in [-0.05, 0) is 25.7 Å². The Hall–Kier alpha value is -0.570. The number of nitrogens with two attached hydrogens (primary N) is 1. The lowest BCUT2D eigenvalue weighted by Crippen LogP contribution is -2.50. The lowest BCUT2D eigenvalue weighted by molar-refractivity contribution is -0.131. The molecule has 2 unspecified atom stereocenters. The Morgan fingerprint density at radius 1 is 1.33 bits per heavy atom. The molecule has 3 N–H and O–H groups in total. The van der Waals surface area contributed by atoms with Gasteiger partial charge < -0.3 is 11.1 Å². The minimum atomic E-state index is -0.431. The molecule has 0 spiro atoms. The molecule has 1 amide bonds. The second-order valence-electron chi connectivity index (χ2n) is 5.68. The predicted molar refractivity (Wildman–Crippen MR) is 64.5 cm³/mol. The molecule has 0 rings (SSSR count). The highest BCUT2D eigenvalue weighted by Gasteiger charge is 2.32. The fourth-order valence-electron chi connectivity index (χ4n) is 0.985. The molecule has 0 saturated carbocycles. The summed E-state index contributed by atoms with van der Waals surface area (Å²) in [4.78, 5) is 12.0. The Kier molecular flexibility index (Phi) is 4.78. The molecular weight excluding hydrogens is 188 g/mol. The maximum atomic E-state index is 12.0. The third-order valence-corrected chi connectivity index (χ3v) is 3.43. The van der Waals surface area contributed by atoms with Crippen LogP contribution in [0.1, 0.15) is 48.0 Å². The van der Waals surface area contributed by atoms with Gasteiger partial charge in [-0.1, -0.05) is 27.7 Å². The van der Waals surface area contributed by atoms with Crippen LogP contribution in [0, 0.1) is 10.8 Å². The first-order valence-electron chi connectivity index (χ1n) is 5.68. The van der Waals surface area contributed by atoms with Crippen LogP contribution in [0.15, 0.2) is 0 Å². The number of hydrogen-bond donors (Lipinski definition) is 2. The molecule has 15 heavy (non-hydrogen) atoms. The third-order valence-electron chi connectivity index (χ3n) is 3.43. The van der Waals surface area contributed by atoms with E-state index in [9.17, 15) is 4.79 Å². The van der Waals surface area contributed by atoms with Crippen molar-refractivity contribution in [3.05, 3.63) is 0 Å². The van der Waals surface area contributed by atoms with E-state index < -0.39 is 5.41 Å². The summed E-state index contributed by atoms with van der Waals surface area (Å²) in [6, 6.07) is 0.155. The lowest BCUT2D eigenvalue weighted by atomic mass is 9.83. The zero-order valence-electron chi connectivity index (χ0n) is 11.0. The number of carbonyl (C=O) groups excluding carboxylic acids is 1. The van der Waals surface area contributed by atoms with Crippen molar-refractivity contribution in [3.63, 3.8) is 0 Å². The van der Waals surface area contributed by atoms with Crippen LogP contribution in [0.2, 0.25) is 0 Å². The summed E-state index contributed by atoms with van der Waals surface area (Å²) in [7, 11) is 0. The smallest absolute Gasteiger partial charge is 0.227 e. The Bertz CT molecular complexity index is 214. The van der Waals surface area contributed by atoms with E-state index in [1.54, 1.807) is 0 Å². The van der Waals surface area contributed by atoms with E-state index in [4.69, 9.17) is 5.73 Å². The van der Waals surface area contributed by atoms with Crippen LogP contribution < -0.4 is 11.1 Å². The summed E-state index contributed by atoms with van der Waals surface area (Å²) in [5, 5.41) is 3.04. The van der Waals surface area contributed by atoms with Crippen molar-refractivity contribution in [2.75, 3.05) is 6.54 Å². The normalized spacial score (nSPS) is 18.1. The van der Waals surface area contributed by atoms with Gasteiger partial charge in [0.05, 0.1) is 5.41 Å². The van der Waals surface area contributed by atoms with Crippen molar-refractivity contribution in [1.82, 2.24) is 5.32 Å². The average molecular weight is 214 g/mol. The number of nitrogens with one attached hydrogen (secondary N) is 1. The van der Waals surface area contributed by atoms with Crippen molar-refractivity contribution in [2.24, 2.45) is 16.6 Å². The molecule has 0 aromatic rings. The highest BCUT2D eigenvalue weighted by Crippen LogP contribution is 2.23. The zero-order valence-corrected chi connectivity index (χ0v) is 11.0. The SMILES string of the molecule is CCC(C)(CN)C(=O)NC(C)C(C)(C)C. The van der Waals surface area contributed by atoms with Gasteiger partial charge in [0.15, 0.2) is 0 Å². The molecule has 0 aliphatic heterocycles. The summed E-state index contributed by atoms with van der Waals surface area (Å²) in [6.45, 7) is 12.7. The van der Waals surface area contributed by atoms with Crippen LogP contribution >= 0.6 is 0 Å². The van der Waals surface area contributed by atoms with E-state index in [0.29, 0.717) is 6.54 Å². The second kappa shape index (κ2) is 4.97. The number of hydrogen-bond acceptors (Lipinski definition) is 2. The molecule has 0 aromatic carbocycles. The van der Waals surface area contributed by atoms with Crippen LogP contribution in [-0.4, -0.2) is 18.5 Å². The monoisotopic (exact) mass is 214 g/mol. The van der Waals surface area contributed by atoms with E-state index in [-0.39, 0.29) is 17.4 Å². The van der Waals surface area contributed by atoms with Gasteiger partial charge >= 0.3 is 0 Å². The number of amides is 1. The van der Waals surface area contributed by atoms with E-state index >= 15 is 0 Å². The molecule has 0 aliphatic rings. The molecule has 3 heteroatoms. The molecule has 2 atom stereocenters. The molecule has 0 heterocycles. The molecule has 0 fully saturated rings. The van der Waals surface area contributed by atoms with Crippen LogP contribution in [0.5, 0.6) is 0 Å². The van der Waals surface area contributed by atoms with Crippen LogP contribution in [0.3, 0.4) is 0 Å². The highest BCUT2D eigenvalue weighted by atomic mass is 16.2. The standard InChI is InChI=1S/C12H26N2O/c1-7-12(6,8-13)10(15)14-9(2)11(3,4)5/h9H,7-8,13H2,1-6H3,(H,14,15). The summed E-state index contributed by atoms with van der Waals surface area (Å²) in [5.74, 6) is 0.0647. The Balaban J connectivity index is 4.49. The van der Waals surface area contributed by atoms with E-state index in [0.717, 1.165) is 6.42 Å². The van der Waals surface area contributed by atoms with Crippen LogP contribution in [0.4, 0.5) is 0 Å². The summed E-state index contributed by atoms with van der Waals surface area (Å²) < 4.78 is 0. The summed E-state index contributed by atoms with van der Waals surface area (Å²) in [5.41, 5.74) is 5.29. The maximum absolute atomic E-state index is 12.0. The summed E-state index contributed by atoms with van der Waals surface area (Å²) in [6.07, 6.45) is 0.770.